The minimum Gasteiger partial charge on any atom is -0.256 e. The van der Waals surface area contributed by atoms with E-state index < -0.39 is 5.92 Å². The van der Waals surface area contributed by atoms with Gasteiger partial charge in [0.05, 0.1) is 22.8 Å². The van der Waals surface area contributed by atoms with E-state index in [1.807, 2.05) is 109 Å². The van der Waals surface area contributed by atoms with Gasteiger partial charge in [0.2, 0.25) is 0 Å². The van der Waals surface area contributed by atoms with Crippen LogP contribution >= 0.6 is 0 Å². The van der Waals surface area contributed by atoms with Gasteiger partial charge in [-0.25, -0.2) is 19.9 Å². The average molecular weight is 665 g/mol. The largest absolute Gasteiger partial charge is 0.299 e. The molecule has 0 amide bonds. The predicted molar refractivity (Wildman–Crippen MR) is 194 cm³/mol. The number of hydrogen-bond acceptors (Lipinski definition) is 6. The van der Waals surface area contributed by atoms with Gasteiger partial charge >= 0.3 is 0 Å². The molecule has 0 bridgehead atoms. The second kappa shape index (κ2) is 12.3. The molecular weight excluding hydrogens is 639 g/mol. The minimum absolute atomic E-state index is 0.0603. The standard InChI is InChI=1S/C43H26F2N6/c44-43(45)34-19-17-29(38-25-31(36-15-7-9-21-46-36)26-39(48-38)37-16-8-10-22-47-37)23-32(34)33-24-30(18-20-35(33)43)42-50-40(27-11-3-1-4-12-27)49-41(51-42)28-13-5-2-6-14-28/h1-26H. The lowest BCUT2D eigenvalue weighted by atomic mass is 9.98. The molecule has 9 rings (SSSR count). The quantitative estimate of drug-likeness (QED) is 0.176. The molecule has 4 aromatic heterocycles. The van der Waals surface area contributed by atoms with Crippen LogP contribution in [0.5, 0.6) is 0 Å². The fourth-order valence-electron chi connectivity index (χ4n) is 6.47. The Kier molecular flexibility index (Phi) is 7.28. The molecule has 4 aromatic carbocycles. The fraction of sp³-hybridized carbons (Fsp3) is 0.0233. The molecule has 1 aliphatic rings. The highest BCUT2D eigenvalue weighted by Crippen LogP contribution is 2.52. The van der Waals surface area contributed by atoms with E-state index >= 15 is 8.78 Å². The highest BCUT2D eigenvalue weighted by Gasteiger charge is 2.44. The van der Waals surface area contributed by atoms with Gasteiger partial charge in [-0.3, -0.25) is 9.97 Å². The lowest BCUT2D eigenvalue weighted by Gasteiger charge is -2.13. The molecule has 0 aliphatic heterocycles. The normalized spacial score (nSPS) is 12.7. The van der Waals surface area contributed by atoms with Crippen LogP contribution in [-0.4, -0.2) is 29.9 Å². The van der Waals surface area contributed by atoms with E-state index in [4.69, 9.17) is 19.9 Å². The minimum atomic E-state index is -3.19. The monoisotopic (exact) mass is 664 g/mol. The summed E-state index contributed by atoms with van der Waals surface area (Å²) in [7, 11) is 0. The maximum Gasteiger partial charge on any atom is 0.299 e. The number of aromatic nitrogens is 6. The summed E-state index contributed by atoms with van der Waals surface area (Å²) in [4.78, 5) is 28.5. The molecule has 0 saturated carbocycles. The Bertz CT molecular complexity index is 2250. The Balaban J connectivity index is 1.19. The molecule has 0 saturated heterocycles. The van der Waals surface area contributed by atoms with Gasteiger partial charge in [-0.2, -0.15) is 8.78 Å². The first-order valence-corrected chi connectivity index (χ1v) is 16.4. The van der Waals surface area contributed by atoms with Crippen molar-refractivity contribution >= 4 is 0 Å². The Morgan fingerprint density at radius 2 is 0.843 bits per heavy atom. The van der Waals surface area contributed by atoms with Gasteiger partial charge < -0.3 is 0 Å². The zero-order valence-electron chi connectivity index (χ0n) is 27.0. The van der Waals surface area contributed by atoms with Crippen molar-refractivity contribution in [1.29, 1.82) is 0 Å². The third kappa shape index (κ3) is 5.53. The third-order valence-corrected chi connectivity index (χ3v) is 8.97. The molecule has 0 radical (unpaired) electrons. The van der Waals surface area contributed by atoms with Crippen molar-refractivity contribution in [2.24, 2.45) is 0 Å². The number of nitrogens with zero attached hydrogens (tertiary/aromatic N) is 6. The number of fused-ring (bicyclic) bond motifs is 3. The zero-order valence-corrected chi connectivity index (χ0v) is 27.0. The van der Waals surface area contributed by atoms with Crippen molar-refractivity contribution in [3.63, 3.8) is 0 Å². The molecule has 6 nitrogen and oxygen atoms in total. The molecule has 0 unspecified atom stereocenters. The Hall–Kier alpha value is -6.80. The van der Waals surface area contributed by atoms with Gasteiger partial charge in [-0.05, 0) is 59.7 Å². The summed E-state index contributed by atoms with van der Waals surface area (Å²) in [6, 6.07) is 44.4. The molecule has 0 atom stereocenters. The van der Waals surface area contributed by atoms with Gasteiger partial charge in [0, 0.05) is 51.3 Å². The molecule has 1 aliphatic carbocycles. The number of rotatable bonds is 6. The number of hydrogen-bond donors (Lipinski definition) is 0. The second-order valence-corrected chi connectivity index (χ2v) is 12.2. The summed E-state index contributed by atoms with van der Waals surface area (Å²) in [6.07, 6.45) is 3.45. The summed E-state index contributed by atoms with van der Waals surface area (Å²) in [5.74, 6) is -1.80. The first-order valence-electron chi connectivity index (χ1n) is 16.4. The Morgan fingerprint density at radius 3 is 1.41 bits per heavy atom. The first kappa shape index (κ1) is 30.3. The molecule has 0 fully saturated rings. The maximum absolute atomic E-state index is 16.1. The van der Waals surface area contributed by atoms with Gasteiger partial charge in [-0.15, -0.1) is 0 Å². The lowest BCUT2D eigenvalue weighted by Crippen LogP contribution is -2.10. The van der Waals surface area contributed by atoms with Crippen LogP contribution in [0.15, 0.2) is 158 Å². The SMILES string of the molecule is FC1(F)c2ccc(-c3cc(-c4ccccn4)cc(-c4ccccn4)n3)cc2-c2cc(-c3nc(-c4ccccc4)nc(-c4ccccc4)n3)ccc21. The van der Waals surface area contributed by atoms with Crippen molar-refractivity contribution in [2.45, 2.75) is 5.92 Å². The van der Waals surface area contributed by atoms with Crippen molar-refractivity contribution < 1.29 is 8.78 Å². The van der Waals surface area contributed by atoms with Crippen molar-refractivity contribution in [3.05, 3.63) is 169 Å². The van der Waals surface area contributed by atoms with Crippen LogP contribution in [-0.2, 0) is 5.92 Å². The average Bonchev–Trinajstić information content (AvgIpc) is 3.43. The molecule has 51 heavy (non-hydrogen) atoms. The number of halogens is 2. The maximum atomic E-state index is 16.1. The molecule has 8 aromatic rings. The summed E-state index contributed by atoms with van der Waals surface area (Å²) in [6.45, 7) is 0. The fourth-order valence-corrected chi connectivity index (χ4v) is 6.47. The van der Waals surface area contributed by atoms with Gasteiger partial charge in [0.25, 0.3) is 5.92 Å². The van der Waals surface area contributed by atoms with E-state index in [0.717, 1.165) is 22.4 Å². The lowest BCUT2D eigenvalue weighted by molar-refractivity contribution is 0.0480. The summed E-state index contributed by atoms with van der Waals surface area (Å²) in [5, 5.41) is 0. The smallest absolute Gasteiger partial charge is 0.256 e. The molecule has 8 heteroatoms. The van der Waals surface area contributed by atoms with Crippen LogP contribution < -0.4 is 0 Å². The topological polar surface area (TPSA) is 77.3 Å². The number of benzene rings is 4. The van der Waals surface area contributed by atoms with Crippen LogP contribution in [0.25, 0.3) is 79.2 Å². The number of alkyl halides is 2. The predicted octanol–water partition coefficient (Wildman–Crippen LogP) is 10.2. The van der Waals surface area contributed by atoms with E-state index in [1.165, 1.54) is 12.1 Å². The van der Waals surface area contributed by atoms with Crippen LogP contribution in [0.3, 0.4) is 0 Å². The van der Waals surface area contributed by atoms with Gasteiger partial charge in [0.1, 0.15) is 0 Å². The molecule has 242 valence electrons. The number of pyridine rings is 3. The molecule has 0 spiro atoms. The van der Waals surface area contributed by atoms with E-state index in [-0.39, 0.29) is 11.1 Å². The van der Waals surface area contributed by atoms with Crippen LogP contribution in [0.1, 0.15) is 11.1 Å². The first-order chi connectivity index (χ1) is 25.0. The Labute approximate surface area is 292 Å². The van der Waals surface area contributed by atoms with Gasteiger partial charge in [0.15, 0.2) is 17.5 Å². The van der Waals surface area contributed by atoms with Crippen LogP contribution in [0, 0.1) is 0 Å². The van der Waals surface area contributed by atoms with Gasteiger partial charge in [-0.1, -0.05) is 97.1 Å². The van der Waals surface area contributed by atoms with Crippen LogP contribution in [0.4, 0.5) is 8.78 Å². The molecule has 0 N–H and O–H groups in total. The summed E-state index contributed by atoms with van der Waals surface area (Å²) < 4.78 is 32.1. The highest BCUT2D eigenvalue weighted by molar-refractivity contribution is 5.86. The van der Waals surface area contributed by atoms with E-state index in [9.17, 15) is 0 Å². The Morgan fingerprint density at radius 1 is 0.353 bits per heavy atom. The molecular formula is C43H26F2N6. The summed E-state index contributed by atoms with van der Waals surface area (Å²) in [5.41, 5.74) is 7.24. The molecule has 4 heterocycles. The van der Waals surface area contributed by atoms with Crippen molar-refractivity contribution in [2.75, 3.05) is 0 Å². The highest BCUT2D eigenvalue weighted by atomic mass is 19.3. The zero-order chi connectivity index (χ0) is 34.4. The third-order valence-electron chi connectivity index (χ3n) is 8.97. The van der Waals surface area contributed by atoms with Crippen molar-refractivity contribution in [1.82, 2.24) is 29.9 Å². The van der Waals surface area contributed by atoms with Crippen LogP contribution in [0.2, 0.25) is 0 Å². The van der Waals surface area contributed by atoms with E-state index in [0.29, 0.717) is 56.8 Å². The van der Waals surface area contributed by atoms with Crippen molar-refractivity contribution in [3.8, 4) is 79.2 Å². The second-order valence-electron chi connectivity index (χ2n) is 12.2. The van der Waals surface area contributed by atoms with E-state index in [2.05, 4.69) is 9.97 Å². The van der Waals surface area contributed by atoms with E-state index in [1.54, 1.807) is 36.7 Å². The summed E-state index contributed by atoms with van der Waals surface area (Å²) >= 11 is 0.